The van der Waals surface area contributed by atoms with Crippen molar-refractivity contribution in [3.63, 3.8) is 0 Å². The van der Waals surface area contributed by atoms with E-state index in [-0.39, 0.29) is 11.8 Å². The van der Waals surface area contributed by atoms with Crippen LogP contribution in [0.5, 0.6) is 0 Å². The van der Waals surface area contributed by atoms with Gasteiger partial charge in [0.1, 0.15) is 5.54 Å². The summed E-state index contributed by atoms with van der Waals surface area (Å²) < 4.78 is 0. The number of nitrogens with two attached hydrogens (primary N) is 1. The number of primary amides is 1. The summed E-state index contributed by atoms with van der Waals surface area (Å²) in [5.74, 6) is -0.192. The molecular formula is C18H24ClN3O2. The van der Waals surface area contributed by atoms with E-state index >= 15 is 0 Å². The molecule has 0 unspecified atom stereocenters. The number of nitrogens with zero attached hydrogens (tertiary/aromatic N) is 2. The lowest BCUT2D eigenvalue weighted by Gasteiger charge is -2.47. The van der Waals surface area contributed by atoms with Crippen LogP contribution in [0, 0.1) is 0 Å². The molecule has 2 amide bonds. The van der Waals surface area contributed by atoms with E-state index < -0.39 is 5.54 Å². The normalized spacial score (nSPS) is 21.5. The van der Waals surface area contributed by atoms with Crippen molar-refractivity contribution >= 4 is 23.4 Å². The number of carbonyl (C=O) groups excluding carboxylic acids is 2. The lowest BCUT2D eigenvalue weighted by atomic mass is 9.79. The quantitative estimate of drug-likeness (QED) is 0.910. The fourth-order valence-electron chi connectivity index (χ4n) is 3.97. The number of rotatable bonds is 3. The summed E-state index contributed by atoms with van der Waals surface area (Å²) in [5.41, 5.74) is 5.90. The molecule has 24 heavy (non-hydrogen) atoms. The SMILES string of the molecule is NC(=O)C1(N2CCN(C(=O)c3ccc(Cl)cc3)CC2)CCCCC1. The van der Waals surface area contributed by atoms with Gasteiger partial charge in [-0.1, -0.05) is 30.9 Å². The highest BCUT2D eigenvalue weighted by Gasteiger charge is 2.44. The number of amides is 2. The average Bonchev–Trinajstić information content (AvgIpc) is 2.62. The molecule has 3 rings (SSSR count). The lowest BCUT2D eigenvalue weighted by molar-refractivity contribution is -0.134. The highest BCUT2D eigenvalue weighted by atomic mass is 35.5. The van der Waals surface area contributed by atoms with Gasteiger partial charge in [-0.25, -0.2) is 0 Å². The van der Waals surface area contributed by atoms with E-state index in [1.165, 1.54) is 6.42 Å². The van der Waals surface area contributed by atoms with Crippen LogP contribution in [0.1, 0.15) is 42.5 Å². The number of benzene rings is 1. The second-order valence-electron chi connectivity index (χ2n) is 6.74. The maximum atomic E-state index is 12.6. The summed E-state index contributed by atoms with van der Waals surface area (Å²) in [5, 5.41) is 0.622. The molecule has 130 valence electrons. The van der Waals surface area contributed by atoms with E-state index in [9.17, 15) is 9.59 Å². The molecular weight excluding hydrogens is 326 g/mol. The van der Waals surface area contributed by atoms with Gasteiger partial charge in [0.15, 0.2) is 0 Å². The van der Waals surface area contributed by atoms with Crippen molar-refractivity contribution in [2.45, 2.75) is 37.6 Å². The largest absolute Gasteiger partial charge is 0.368 e. The fourth-order valence-corrected chi connectivity index (χ4v) is 4.09. The van der Waals surface area contributed by atoms with Gasteiger partial charge in [-0.05, 0) is 37.1 Å². The molecule has 5 nitrogen and oxygen atoms in total. The van der Waals surface area contributed by atoms with Crippen molar-refractivity contribution in [3.8, 4) is 0 Å². The standard InChI is InChI=1S/C18H24ClN3O2/c19-15-6-4-14(5-7-15)16(23)21-10-12-22(13-11-21)18(17(20)24)8-2-1-3-9-18/h4-7H,1-3,8-13H2,(H2,20,24). The highest BCUT2D eigenvalue weighted by Crippen LogP contribution is 2.34. The first-order valence-corrected chi connectivity index (χ1v) is 9.00. The molecule has 1 heterocycles. The third-order valence-electron chi connectivity index (χ3n) is 5.40. The minimum atomic E-state index is -0.506. The van der Waals surface area contributed by atoms with Crippen LogP contribution < -0.4 is 5.73 Å². The molecule has 2 aliphatic rings. The number of hydrogen-bond donors (Lipinski definition) is 1. The first-order chi connectivity index (χ1) is 11.5. The van der Waals surface area contributed by atoms with Gasteiger partial charge in [0, 0.05) is 36.8 Å². The minimum Gasteiger partial charge on any atom is -0.368 e. The first kappa shape index (κ1) is 17.2. The molecule has 0 aromatic heterocycles. The molecule has 0 atom stereocenters. The summed E-state index contributed by atoms with van der Waals surface area (Å²) >= 11 is 5.88. The zero-order chi connectivity index (χ0) is 17.2. The van der Waals surface area contributed by atoms with E-state index in [0.717, 1.165) is 25.7 Å². The second kappa shape index (κ2) is 7.11. The van der Waals surface area contributed by atoms with Crippen LogP contribution in [0.25, 0.3) is 0 Å². The van der Waals surface area contributed by atoms with Crippen molar-refractivity contribution in [2.24, 2.45) is 5.73 Å². The fraction of sp³-hybridized carbons (Fsp3) is 0.556. The zero-order valence-electron chi connectivity index (χ0n) is 13.8. The Morgan fingerprint density at radius 1 is 0.958 bits per heavy atom. The van der Waals surface area contributed by atoms with Crippen molar-refractivity contribution in [2.75, 3.05) is 26.2 Å². The van der Waals surface area contributed by atoms with Gasteiger partial charge in [-0.15, -0.1) is 0 Å². The maximum Gasteiger partial charge on any atom is 0.253 e. The predicted octanol–water partition coefficient (Wildman–Crippen LogP) is 2.29. The molecule has 1 aromatic rings. The Balaban J connectivity index is 1.65. The van der Waals surface area contributed by atoms with Crippen molar-refractivity contribution in [3.05, 3.63) is 34.9 Å². The van der Waals surface area contributed by atoms with Gasteiger partial charge in [-0.3, -0.25) is 14.5 Å². The van der Waals surface area contributed by atoms with E-state index in [1.807, 2.05) is 4.90 Å². The molecule has 1 aromatic carbocycles. The summed E-state index contributed by atoms with van der Waals surface area (Å²) in [4.78, 5) is 28.8. The molecule has 0 bridgehead atoms. The van der Waals surface area contributed by atoms with Crippen molar-refractivity contribution < 1.29 is 9.59 Å². The van der Waals surface area contributed by atoms with Gasteiger partial charge >= 0.3 is 0 Å². The van der Waals surface area contributed by atoms with Crippen LogP contribution in [0.2, 0.25) is 5.02 Å². The molecule has 0 spiro atoms. The predicted molar refractivity (Wildman–Crippen MR) is 93.9 cm³/mol. The molecule has 1 saturated carbocycles. The van der Waals surface area contributed by atoms with Crippen LogP contribution in [-0.2, 0) is 4.79 Å². The minimum absolute atomic E-state index is 0.0167. The Morgan fingerprint density at radius 3 is 2.08 bits per heavy atom. The van der Waals surface area contributed by atoms with Crippen LogP contribution in [0.4, 0.5) is 0 Å². The Morgan fingerprint density at radius 2 is 1.54 bits per heavy atom. The Kier molecular flexibility index (Phi) is 5.11. The van der Waals surface area contributed by atoms with Gasteiger partial charge in [0.2, 0.25) is 5.91 Å². The van der Waals surface area contributed by atoms with E-state index in [4.69, 9.17) is 17.3 Å². The topological polar surface area (TPSA) is 66.6 Å². The van der Waals surface area contributed by atoms with Gasteiger partial charge in [0.05, 0.1) is 0 Å². The summed E-state index contributed by atoms with van der Waals surface area (Å²) in [6.45, 7) is 2.64. The summed E-state index contributed by atoms with van der Waals surface area (Å²) in [6.07, 6.45) is 4.95. The van der Waals surface area contributed by atoms with Crippen molar-refractivity contribution in [1.29, 1.82) is 0 Å². The highest BCUT2D eigenvalue weighted by molar-refractivity contribution is 6.30. The zero-order valence-corrected chi connectivity index (χ0v) is 14.6. The Labute approximate surface area is 147 Å². The van der Waals surface area contributed by atoms with Gasteiger partial charge in [0.25, 0.3) is 5.91 Å². The lowest BCUT2D eigenvalue weighted by Crippen LogP contribution is -2.63. The monoisotopic (exact) mass is 349 g/mol. The van der Waals surface area contributed by atoms with Crippen molar-refractivity contribution in [1.82, 2.24) is 9.80 Å². The van der Waals surface area contributed by atoms with E-state index in [0.29, 0.717) is 36.8 Å². The van der Waals surface area contributed by atoms with Crippen LogP contribution in [0.3, 0.4) is 0 Å². The molecule has 1 aliphatic heterocycles. The van der Waals surface area contributed by atoms with E-state index in [1.54, 1.807) is 24.3 Å². The van der Waals surface area contributed by atoms with E-state index in [2.05, 4.69) is 4.90 Å². The Bertz CT molecular complexity index is 603. The number of piperazine rings is 1. The van der Waals surface area contributed by atoms with Crippen LogP contribution in [-0.4, -0.2) is 53.3 Å². The molecule has 2 N–H and O–H groups in total. The number of halogens is 1. The number of hydrogen-bond acceptors (Lipinski definition) is 3. The van der Waals surface area contributed by atoms with Crippen LogP contribution in [0.15, 0.2) is 24.3 Å². The Hall–Kier alpha value is -1.59. The third kappa shape index (κ3) is 3.28. The third-order valence-corrected chi connectivity index (χ3v) is 5.65. The smallest absolute Gasteiger partial charge is 0.253 e. The van der Waals surface area contributed by atoms with Gasteiger partial charge in [-0.2, -0.15) is 0 Å². The average molecular weight is 350 g/mol. The number of carbonyl (C=O) groups is 2. The second-order valence-corrected chi connectivity index (χ2v) is 7.18. The maximum absolute atomic E-state index is 12.6. The first-order valence-electron chi connectivity index (χ1n) is 8.63. The summed E-state index contributed by atoms with van der Waals surface area (Å²) in [7, 11) is 0. The molecule has 2 fully saturated rings. The molecule has 0 radical (unpaired) electrons. The molecule has 1 aliphatic carbocycles. The summed E-state index contributed by atoms with van der Waals surface area (Å²) in [6, 6.07) is 6.97. The molecule has 1 saturated heterocycles. The van der Waals surface area contributed by atoms with Gasteiger partial charge < -0.3 is 10.6 Å². The molecule has 6 heteroatoms. The van der Waals surface area contributed by atoms with Crippen LogP contribution >= 0.6 is 11.6 Å².